The van der Waals surface area contributed by atoms with Gasteiger partial charge in [0.1, 0.15) is 5.01 Å². The van der Waals surface area contributed by atoms with E-state index in [9.17, 15) is 4.79 Å². The monoisotopic (exact) mass is 280 g/mol. The molecule has 19 heavy (non-hydrogen) atoms. The zero-order chi connectivity index (χ0) is 13.6. The molecule has 2 aromatic heterocycles. The molecule has 7 heteroatoms. The van der Waals surface area contributed by atoms with E-state index in [1.807, 2.05) is 6.92 Å². The molecule has 0 radical (unpaired) electrons. The normalized spacial score (nSPS) is 19.3. The molecule has 0 aromatic carbocycles. The first-order valence-electron chi connectivity index (χ1n) is 6.52. The molecule has 2 aromatic rings. The number of aliphatic carboxylic acids is 1. The van der Waals surface area contributed by atoms with Gasteiger partial charge in [-0.1, -0.05) is 31.6 Å². The van der Waals surface area contributed by atoms with E-state index in [4.69, 9.17) is 5.11 Å². The molecule has 2 atom stereocenters. The summed E-state index contributed by atoms with van der Waals surface area (Å²) in [4.78, 5) is 11.8. The van der Waals surface area contributed by atoms with Crippen molar-refractivity contribution in [2.45, 2.75) is 44.9 Å². The number of carboxylic acids is 1. The fourth-order valence-corrected chi connectivity index (χ4v) is 3.18. The molecule has 1 N–H and O–H groups in total. The van der Waals surface area contributed by atoms with Crippen LogP contribution in [0, 0.1) is 5.92 Å². The lowest BCUT2D eigenvalue weighted by atomic mass is 9.85. The molecule has 102 valence electrons. The minimum absolute atomic E-state index is 0.113. The maximum absolute atomic E-state index is 11.0. The summed E-state index contributed by atoms with van der Waals surface area (Å²) in [5, 5.41) is 22.8. The van der Waals surface area contributed by atoms with Gasteiger partial charge in [0.05, 0.1) is 5.92 Å². The molecular formula is C12H16N4O2S. The molecule has 1 saturated carbocycles. The number of rotatable bonds is 4. The van der Waals surface area contributed by atoms with E-state index < -0.39 is 11.9 Å². The molecule has 2 unspecified atom stereocenters. The van der Waals surface area contributed by atoms with Crippen molar-refractivity contribution in [3.05, 3.63) is 10.8 Å². The van der Waals surface area contributed by atoms with Crippen LogP contribution in [-0.2, 0) is 4.79 Å². The zero-order valence-corrected chi connectivity index (χ0v) is 11.7. The van der Waals surface area contributed by atoms with E-state index in [2.05, 4.69) is 15.3 Å². The number of nitrogens with zero attached hydrogens (tertiary/aromatic N) is 4. The van der Waals surface area contributed by atoms with Gasteiger partial charge < -0.3 is 5.11 Å². The summed E-state index contributed by atoms with van der Waals surface area (Å²) in [5.41, 5.74) is 0. The average Bonchev–Trinajstić information content (AvgIpc) is 2.86. The quantitative estimate of drug-likeness (QED) is 0.929. The lowest BCUT2D eigenvalue weighted by Crippen LogP contribution is -2.17. The minimum atomic E-state index is -0.794. The summed E-state index contributed by atoms with van der Waals surface area (Å²) in [6.45, 7) is 3.61. The molecule has 0 spiro atoms. The second-order valence-electron chi connectivity index (χ2n) is 5.24. The minimum Gasteiger partial charge on any atom is -0.481 e. The van der Waals surface area contributed by atoms with E-state index in [-0.39, 0.29) is 5.92 Å². The second kappa shape index (κ2) is 4.56. The van der Waals surface area contributed by atoms with Crippen molar-refractivity contribution in [1.82, 2.24) is 19.8 Å². The second-order valence-corrected chi connectivity index (χ2v) is 6.22. The molecule has 2 heterocycles. The Hall–Kier alpha value is -1.50. The smallest absolute Gasteiger partial charge is 0.306 e. The van der Waals surface area contributed by atoms with E-state index in [1.54, 1.807) is 11.4 Å². The van der Waals surface area contributed by atoms with Crippen LogP contribution in [0.1, 0.15) is 55.8 Å². The predicted octanol–water partition coefficient (Wildman–Crippen LogP) is 2.28. The van der Waals surface area contributed by atoms with E-state index >= 15 is 0 Å². The van der Waals surface area contributed by atoms with Crippen molar-refractivity contribution in [3.8, 4) is 0 Å². The molecule has 0 saturated heterocycles. The van der Waals surface area contributed by atoms with Crippen LogP contribution in [0.4, 0.5) is 0 Å². The van der Waals surface area contributed by atoms with Crippen LogP contribution in [0.15, 0.2) is 0 Å². The highest BCUT2D eigenvalue weighted by Crippen LogP contribution is 2.36. The highest BCUT2D eigenvalue weighted by molar-refractivity contribution is 7.16. The van der Waals surface area contributed by atoms with E-state index in [0.29, 0.717) is 5.92 Å². The highest BCUT2D eigenvalue weighted by atomic mass is 32.1. The van der Waals surface area contributed by atoms with Crippen molar-refractivity contribution in [2.75, 3.05) is 0 Å². The third-order valence-corrected chi connectivity index (χ3v) is 5.13. The Morgan fingerprint density at radius 3 is 2.74 bits per heavy atom. The number of carbonyl (C=O) groups is 1. The maximum atomic E-state index is 11.0. The molecule has 0 amide bonds. The largest absolute Gasteiger partial charge is 0.481 e. The Kier molecular flexibility index (Phi) is 3.00. The fourth-order valence-electron chi connectivity index (χ4n) is 2.18. The zero-order valence-electron chi connectivity index (χ0n) is 10.9. The van der Waals surface area contributed by atoms with Gasteiger partial charge in [0, 0.05) is 11.8 Å². The van der Waals surface area contributed by atoms with Gasteiger partial charge in [-0.3, -0.25) is 4.79 Å². The van der Waals surface area contributed by atoms with Crippen LogP contribution in [0.25, 0.3) is 4.96 Å². The highest BCUT2D eigenvalue weighted by Gasteiger charge is 2.28. The van der Waals surface area contributed by atoms with Crippen LogP contribution in [0.2, 0.25) is 0 Å². The molecular weight excluding hydrogens is 264 g/mol. The SMILES string of the molecule is CC(C(=O)O)C(C)c1nn2c(C3CCC3)nnc2s1. The predicted molar refractivity (Wildman–Crippen MR) is 70.5 cm³/mol. The van der Waals surface area contributed by atoms with Crippen molar-refractivity contribution in [1.29, 1.82) is 0 Å². The molecule has 0 bridgehead atoms. The van der Waals surface area contributed by atoms with Gasteiger partial charge in [-0.15, -0.1) is 10.2 Å². The number of aromatic nitrogens is 4. The summed E-state index contributed by atoms with van der Waals surface area (Å²) < 4.78 is 1.80. The van der Waals surface area contributed by atoms with Gasteiger partial charge >= 0.3 is 5.97 Å². The first-order chi connectivity index (χ1) is 9.08. The Morgan fingerprint density at radius 2 is 2.16 bits per heavy atom. The molecule has 1 aliphatic carbocycles. The van der Waals surface area contributed by atoms with Gasteiger partial charge in [-0.05, 0) is 12.8 Å². The van der Waals surface area contributed by atoms with Gasteiger partial charge in [0.2, 0.25) is 4.96 Å². The fraction of sp³-hybridized carbons (Fsp3) is 0.667. The van der Waals surface area contributed by atoms with Crippen LogP contribution >= 0.6 is 11.3 Å². The van der Waals surface area contributed by atoms with Gasteiger partial charge in [0.25, 0.3) is 0 Å². The summed E-state index contributed by atoms with van der Waals surface area (Å²) in [6.07, 6.45) is 3.53. The summed E-state index contributed by atoms with van der Waals surface area (Å²) in [5.74, 6) is 0.0446. The molecule has 1 aliphatic rings. The van der Waals surface area contributed by atoms with Gasteiger partial charge in [-0.25, -0.2) is 0 Å². The Bertz CT molecular complexity index is 616. The van der Waals surface area contributed by atoms with Gasteiger partial charge in [-0.2, -0.15) is 9.61 Å². The lowest BCUT2D eigenvalue weighted by molar-refractivity contribution is -0.141. The number of fused-ring (bicyclic) bond motifs is 1. The maximum Gasteiger partial charge on any atom is 0.306 e. The molecule has 1 fully saturated rings. The number of hydrogen-bond donors (Lipinski definition) is 1. The third-order valence-electron chi connectivity index (χ3n) is 4.03. The summed E-state index contributed by atoms with van der Waals surface area (Å²) in [6, 6.07) is 0. The Morgan fingerprint density at radius 1 is 1.42 bits per heavy atom. The van der Waals surface area contributed by atoms with Crippen LogP contribution in [0.3, 0.4) is 0 Å². The average molecular weight is 280 g/mol. The standard InChI is InChI=1S/C12H16N4O2S/c1-6(7(2)11(17)18)10-15-16-9(8-4-3-5-8)13-14-12(16)19-10/h6-8H,3-5H2,1-2H3,(H,17,18). The van der Waals surface area contributed by atoms with Crippen molar-refractivity contribution in [2.24, 2.45) is 5.92 Å². The van der Waals surface area contributed by atoms with Crippen LogP contribution in [-0.4, -0.2) is 30.9 Å². The van der Waals surface area contributed by atoms with Crippen molar-refractivity contribution >= 4 is 22.3 Å². The first-order valence-corrected chi connectivity index (χ1v) is 7.34. The van der Waals surface area contributed by atoms with Crippen LogP contribution < -0.4 is 0 Å². The Labute approximate surface area is 114 Å². The number of carboxylic acid groups (broad SMARTS) is 1. The topological polar surface area (TPSA) is 80.4 Å². The van der Waals surface area contributed by atoms with E-state index in [0.717, 1.165) is 28.6 Å². The van der Waals surface area contributed by atoms with Crippen molar-refractivity contribution in [3.63, 3.8) is 0 Å². The van der Waals surface area contributed by atoms with E-state index in [1.165, 1.54) is 17.8 Å². The molecule has 6 nitrogen and oxygen atoms in total. The lowest BCUT2D eigenvalue weighted by Gasteiger charge is -2.22. The van der Waals surface area contributed by atoms with Crippen LogP contribution in [0.5, 0.6) is 0 Å². The molecule has 3 rings (SSSR count). The van der Waals surface area contributed by atoms with Gasteiger partial charge in [0.15, 0.2) is 5.82 Å². The van der Waals surface area contributed by atoms with Crippen molar-refractivity contribution < 1.29 is 9.90 Å². The summed E-state index contributed by atoms with van der Waals surface area (Å²) in [7, 11) is 0. The number of hydrogen-bond acceptors (Lipinski definition) is 5. The summed E-state index contributed by atoms with van der Waals surface area (Å²) >= 11 is 1.44. The molecule has 0 aliphatic heterocycles. The first kappa shape index (κ1) is 12.5. The third kappa shape index (κ3) is 2.01. The Balaban J connectivity index is 1.93.